The van der Waals surface area contributed by atoms with Gasteiger partial charge in [0.15, 0.2) is 5.17 Å². The van der Waals surface area contributed by atoms with Crippen LogP contribution in [0.15, 0.2) is 29.3 Å². The Morgan fingerprint density at radius 2 is 2.15 bits per heavy atom. The summed E-state index contributed by atoms with van der Waals surface area (Å²) >= 11 is 1.69. The minimum atomic E-state index is 0.968. The fourth-order valence-corrected chi connectivity index (χ4v) is 2.03. The summed E-state index contributed by atoms with van der Waals surface area (Å²) in [6.45, 7) is 0.968. The zero-order chi connectivity index (χ0) is 9.26. The van der Waals surface area contributed by atoms with Crippen LogP contribution in [0.3, 0.4) is 0 Å². The quantitative estimate of drug-likeness (QED) is 0.627. The van der Waals surface area contributed by atoms with Gasteiger partial charge in [0.05, 0.1) is 5.69 Å². The van der Waals surface area contributed by atoms with Crippen LogP contribution < -0.4 is 0 Å². The first-order chi connectivity index (χ1) is 6.31. The highest BCUT2D eigenvalue weighted by Crippen LogP contribution is 2.27. The molecule has 0 atom stereocenters. The molecular weight excluding hydrogens is 180 g/mol. The number of hydrogen-bond acceptors (Lipinski definition) is 3. The van der Waals surface area contributed by atoms with E-state index >= 15 is 0 Å². The van der Waals surface area contributed by atoms with Gasteiger partial charge in [0.1, 0.15) is 0 Å². The van der Waals surface area contributed by atoms with Gasteiger partial charge in [0.2, 0.25) is 0 Å². The van der Waals surface area contributed by atoms with Gasteiger partial charge < -0.3 is 4.90 Å². The molecule has 0 aromatic heterocycles. The van der Waals surface area contributed by atoms with Crippen molar-refractivity contribution in [2.45, 2.75) is 6.54 Å². The Kier molecular flexibility index (Phi) is 2.27. The molecule has 3 heteroatoms. The summed E-state index contributed by atoms with van der Waals surface area (Å²) in [5.41, 5.74) is 2.42. The molecular formula is C10H12N2S. The first kappa shape index (κ1) is 8.63. The summed E-state index contributed by atoms with van der Waals surface area (Å²) in [4.78, 5) is 6.72. The first-order valence-electron chi connectivity index (χ1n) is 4.23. The van der Waals surface area contributed by atoms with E-state index in [1.807, 2.05) is 6.07 Å². The second-order valence-corrected chi connectivity index (χ2v) is 3.86. The van der Waals surface area contributed by atoms with E-state index in [4.69, 9.17) is 0 Å². The SMILES string of the molecule is CSC1=Nc2ccccc2CN1C. The minimum absolute atomic E-state index is 0.968. The van der Waals surface area contributed by atoms with Crippen molar-refractivity contribution in [3.63, 3.8) is 0 Å². The predicted octanol–water partition coefficient (Wildman–Crippen LogP) is 2.48. The Balaban J connectivity index is 2.44. The van der Waals surface area contributed by atoms with E-state index in [2.05, 4.69) is 41.4 Å². The number of hydrogen-bond donors (Lipinski definition) is 0. The van der Waals surface area contributed by atoms with Crippen LogP contribution in [0.4, 0.5) is 5.69 Å². The molecule has 13 heavy (non-hydrogen) atoms. The molecule has 1 aromatic carbocycles. The third-order valence-corrected chi connectivity index (χ3v) is 2.89. The average Bonchev–Trinajstić information content (AvgIpc) is 2.17. The molecule has 68 valence electrons. The van der Waals surface area contributed by atoms with E-state index < -0.39 is 0 Å². The van der Waals surface area contributed by atoms with Crippen LogP contribution in [0, 0.1) is 0 Å². The number of para-hydroxylation sites is 1. The molecule has 0 fully saturated rings. The largest absolute Gasteiger partial charge is 0.350 e. The van der Waals surface area contributed by atoms with Crippen molar-refractivity contribution in [3.8, 4) is 0 Å². The molecule has 2 nitrogen and oxygen atoms in total. The molecule has 0 unspecified atom stereocenters. The zero-order valence-corrected chi connectivity index (χ0v) is 8.64. The Morgan fingerprint density at radius 3 is 2.92 bits per heavy atom. The lowest BCUT2D eigenvalue weighted by Gasteiger charge is -2.25. The van der Waals surface area contributed by atoms with E-state index in [1.165, 1.54) is 5.56 Å². The Labute approximate surface area is 82.7 Å². The number of aliphatic imine (C=N–C) groups is 1. The zero-order valence-electron chi connectivity index (χ0n) is 7.82. The second-order valence-electron chi connectivity index (χ2n) is 3.08. The molecule has 0 saturated carbocycles. The van der Waals surface area contributed by atoms with Gasteiger partial charge in [-0.05, 0) is 17.9 Å². The van der Waals surface area contributed by atoms with E-state index in [0.29, 0.717) is 0 Å². The molecule has 0 saturated heterocycles. The average molecular weight is 192 g/mol. The second kappa shape index (κ2) is 3.42. The van der Waals surface area contributed by atoms with Crippen molar-refractivity contribution in [2.24, 2.45) is 4.99 Å². The fraction of sp³-hybridized carbons (Fsp3) is 0.300. The molecule has 1 heterocycles. The number of amidine groups is 1. The number of rotatable bonds is 0. The van der Waals surface area contributed by atoms with Crippen molar-refractivity contribution in [2.75, 3.05) is 13.3 Å². The predicted molar refractivity (Wildman–Crippen MR) is 58.5 cm³/mol. The van der Waals surface area contributed by atoms with Gasteiger partial charge >= 0.3 is 0 Å². The molecule has 0 aliphatic carbocycles. The third-order valence-electron chi connectivity index (χ3n) is 2.12. The smallest absolute Gasteiger partial charge is 0.164 e. The third kappa shape index (κ3) is 1.56. The van der Waals surface area contributed by atoms with Crippen LogP contribution >= 0.6 is 11.8 Å². The van der Waals surface area contributed by atoms with Gasteiger partial charge in [0, 0.05) is 13.6 Å². The molecule has 0 radical (unpaired) electrons. The molecule has 0 N–H and O–H groups in total. The molecule has 2 rings (SSSR count). The Morgan fingerprint density at radius 1 is 1.38 bits per heavy atom. The molecule has 1 aliphatic rings. The Bertz CT molecular complexity index is 347. The van der Waals surface area contributed by atoms with Gasteiger partial charge in [0.25, 0.3) is 0 Å². The van der Waals surface area contributed by atoms with Gasteiger partial charge in [-0.2, -0.15) is 0 Å². The molecule has 0 amide bonds. The van der Waals surface area contributed by atoms with Gasteiger partial charge in [-0.15, -0.1) is 0 Å². The van der Waals surface area contributed by atoms with Crippen LogP contribution in [0.5, 0.6) is 0 Å². The van der Waals surface area contributed by atoms with Crippen LogP contribution in [-0.2, 0) is 6.54 Å². The van der Waals surface area contributed by atoms with Gasteiger partial charge in [-0.3, -0.25) is 0 Å². The van der Waals surface area contributed by atoms with Gasteiger partial charge in [-0.25, -0.2) is 4.99 Å². The summed E-state index contributed by atoms with van der Waals surface area (Å²) in [6, 6.07) is 8.29. The molecule has 1 aliphatic heterocycles. The fourth-order valence-electron chi connectivity index (χ4n) is 1.47. The minimum Gasteiger partial charge on any atom is -0.350 e. The lowest BCUT2D eigenvalue weighted by Crippen LogP contribution is -2.25. The van der Waals surface area contributed by atoms with Crippen molar-refractivity contribution >= 4 is 22.6 Å². The summed E-state index contributed by atoms with van der Waals surface area (Å²) in [6.07, 6.45) is 2.06. The van der Waals surface area contributed by atoms with Crippen LogP contribution in [0.1, 0.15) is 5.56 Å². The topological polar surface area (TPSA) is 15.6 Å². The highest BCUT2D eigenvalue weighted by atomic mass is 32.2. The van der Waals surface area contributed by atoms with Crippen LogP contribution in [0.25, 0.3) is 0 Å². The lowest BCUT2D eigenvalue weighted by atomic mass is 10.1. The highest BCUT2D eigenvalue weighted by Gasteiger charge is 2.14. The van der Waals surface area contributed by atoms with E-state index in [1.54, 1.807) is 11.8 Å². The molecule has 1 aromatic rings. The Hall–Kier alpha value is -0.960. The van der Waals surface area contributed by atoms with Gasteiger partial charge in [-0.1, -0.05) is 30.0 Å². The first-order valence-corrected chi connectivity index (χ1v) is 5.45. The highest BCUT2D eigenvalue weighted by molar-refractivity contribution is 8.13. The molecule has 0 bridgehead atoms. The maximum atomic E-state index is 4.55. The lowest BCUT2D eigenvalue weighted by molar-refractivity contribution is 0.504. The number of nitrogens with zero attached hydrogens (tertiary/aromatic N) is 2. The normalized spacial score (nSPS) is 15.2. The summed E-state index contributed by atoms with van der Waals surface area (Å²) in [5, 5.41) is 1.10. The summed E-state index contributed by atoms with van der Waals surface area (Å²) in [7, 11) is 2.07. The number of fused-ring (bicyclic) bond motifs is 1. The number of benzene rings is 1. The number of thioether (sulfide) groups is 1. The van der Waals surface area contributed by atoms with E-state index in [9.17, 15) is 0 Å². The summed E-state index contributed by atoms with van der Waals surface area (Å²) < 4.78 is 0. The van der Waals surface area contributed by atoms with Crippen molar-refractivity contribution < 1.29 is 0 Å². The maximum absolute atomic E-state index is 4.55. The monoisotopic (exact) mass is 192 g/mol. The maximum Gasteiger partial charge on any atom is 0.164 e. The van der Waals surface area contributed by atoms with Crippen LogP contribution in [-0.4, -0.2) is 23.4 Å². The van der Waals surface area contributed by atoms with Crippen molar-refractivity contribution in [3.05, 3.63) is 29.8 Å². The van der Waals surface area contributed by atoms with Crippen molar-refractivity contribution in [1.82, 2.24) is 4.90 Å². The van der Waals surface area contributed by atoms with E-state index in [-0.39, 0.29) is 0 Å². The van der Waals surface area contributed by atoms with E-state index in [0.717, 1.165) is 17.4 Å². The molecule has 0 spiro atoms. The van der Waals surface area contributed by atoms with Crippen LogP contribution in [0.2, 0.25) is 0 Å². The summed E-state index contributed by atoms with van der Waals surface area (Å²) in [5.74, 6) is 0. The standard InChI is InChI=1S/C10H12N2S/c1-12-7-8-5-3-4-6-9(8)11-10(12)13-2/h3-6H,7H2,1-2H3. The van der Waals surface area contributed by atoms with Crippen molar-refractivity contribution in [1.29, 1.82) is 0 Å².